The third kappa shape index (κ3) is 7.40. The molecule has 6 heteroatoms. The van der Waals surface area contributed by atoms with Gasteiger partial charge in [-0.25, -0.2) is 0 Å². The molecule has 0 heterocycles. The summed E-state index contributed by atoms with van der Waals surface area (Å²) in [6, 6.07) is 16.4. The minimum atomic E-state index is -0.596. The van der Waals surface area contributed by atoms with Crippen molar-refractivity contribution in [1.82, 2.24) is 10.6 Å². The van der Waals surface area contributed by atoms with Crippen LogP contribution in [0.4, 0.5) is 0 Å². The second-order valence-electron chi connectivity index (χ2n) is 6.11. The summed E-state index contributed by atoms with van der Waals surface area (Å²) in [7, 11) is 0. The van der Waals surface area contributed by atoms with E-state index in [0.717, 1.165) is 17.7 Å². The first-order valence-corrected chi connectivity index (χ1v) is 9.05. The van der Waals surface area contributed by atoms with E-state index in [1.165, 1.54) is 0 Å². The van der Waals surface area contributed by atoms with Gasteiger partial charge in [-0.3, -0.25) is 9.59 Å². The lowest BCUT2D eigenvalue weighted by atomic mass is 10.2. The summed E-state index contributed by atoms with van der Waals surface area (Å²) in [5, 5.41) is 5.34. The van der Waals surface area contributed by atoms with E-state index in [2.05, 4.69) is 10.6 Å². The van der Waals surface area contributed by atoms with E-state index in [-0.39, 0.29) is 18.4 Å². The third-order valence-electron chi connectivity index (χ3n) is 3.76. The molecule has 0 aliphatic rings. The molecule has 0 aliphatic carbocycles. The van der Waals surface area contributed by atoms with Crippen LogP contribution in [0.1, 0.15) is 25.8 Å². The molecule has 2 rings (SSSR count). The zero-order valence-corrected chi connectivity index (χ0v) is 15.7. The van der Waals surface area contributed by atoms with E-state index in [0.29, 0.717) is 18.9 Å². The van der Waals surface area contributed by atoms with Crippen LogP contribution in [-0.4, -0.2) is 31.0 Å². The summed E-state index contributed by atoms with van der Waals surface area (Å²) in [5.41, 5.74) is 1.09. The van der Waals surface area contributed by atoms with Crippen molar-refractivity contribution in [2.45, 2.75) is 32.9 Å². The summed E-state index contributed by atoms with van der Waals surface area (Å²) in [6.45, 7) is 4.53. The third-order valence-corrected chi connectivity index (χ3v) is 3.76. The van der Waals surface area contributed by atoms with Crippen LogP contribution < -0.4 is 20.1 Å². The van der Waals surface area contributed by atoms with Crippen molar-refractivity contribution in [2.75, 3.05) is 13.2 Å². The van der Waals surface area contributed by atoms with Gasteiger partial charge in [-0.1, -0.05) is 37.3 Å². The molecule has 0 aromatic heterocycles. The second kappa shape index (κ2) is 10.9. The Balaban J connectivity index is 1.72. The highest BCUT2D eigenvalue weighted by molar-refractivity contribution is 5.87. The Morgan fingerprint density at radius 3 is 2.22 bits per heavy atom. The lowest BCUT2D eigenvalue weighted by Crippen LogP contribution is -2.46. The molecule has 0 bridgehead atoms. The molecule has 2 aromatic rings. The molecule has 2 aromatic carbocycles. The molecule has 2 N–H and O–H groups in total. The van der Waals surface area contributed by atoms with Crippen LogP contribution in [0.5, 0.6) is 11.5 Å². The van der Waals surface area contributed by atoms with Gasteiger partial charge in [0, 0.05) is 6.54 Å². The highest BCUT2D eigenvalue weighted by Gasteiger charge is 2.15. The average Bonchev–Trinajstić information content (AvgIpc) is 2.70. The smallest absolute Gasteiger partial charge is 0.258 e. The number of hydrogen-bond acceptors (Lipinski definition) is 4. The van der Waals surface area contributed by atoms with Gasteiger partial charge in [-0.05, 0) is 43.2 Å². The summed E-state index contributed by atoms with van der Waals surface area (Å²) < 4.78 is 11.2. The van der Waals surface area contributed by atoms with Crippen LogP contribution in [0.3, 0.4) is 0 Å². The van der Waals surface area contributed by atoms with E-state index in [1.54, 1.807) is 31.2 Å². The summed E-state index contributed by atoms with van der Waals surface area (Å²) in [5.74, 6) is 0.723. The number of amides is 2. The van der Waals surface area contributed by atoms with E-state index >= 15 is 0 Å². The molecular weight excluding hydrogens is 344 g/mol. The minimum Gasteiger partial charge on any atom is -0.489 e. The maximum absolute atomic E-state index is 11.9. The lowest BCUT2D eigenvalue weighted by molar-refractivity contribution is -0.129. The van der Waals surface area contributed by atoms with Gasteiger partial charge >= 0.3 is 0 Å². The molecule has 0 aliphatic heterocycles. The summed E-state index contributed by atoms with van der Waals surface area (Å²) in [6.07, 6.45) is 0.848. The molecular formula is C21H26N2O4. The van der Waals surface area contributed by atoms with Crippen LogP contribution in [-0.2, 0) is 16.2 Å². The molecule has 144 valence electrons. The van der Waals surface area contributed by atoms with Crippen molar-refractivity contribution >= 4 is 11.8 Å². The Kier molecular flexibility index (Phi) is 8.16. The molecule has 27 heavy (non-hydrogen) atoms. The van der Waals surface area contributed by atoms with E-state index in [4.69, 9.17) is 9.47 Å². The Labute approximate surface area is 159 Å². The number of ether oxygens (including phenoxy) is 2. The van der Waals surface area contributed by atoms with Crippen LogP contribution in [0.2, 0.25) is 0 Å². The largest absolute Gasteiger partial charge is 0.489 e. The second-order valence-corrected chi connectivity index (χ2v) is 6.11. The van der Waals surface area contributed by atoms with Gasteiger partial charge in [0.1, 0.15) is 24.1 Å². The quantitative estimate of drug-likeness (QED) is 0.674. The Bertz CT molecular complexity index is 717. The number of carbonyl (C=O) groups is 2. The fourth-order valence-electron chi connectivity index (χ4n) is 2.27. The highest BCUT2D eigenvalue weighted by Crippen LogP contribution is 2.18. The molecule has 0 radical (unpaired) electrons. The Hall–Kier alpha value is -3.02. The predicted octanol–water partition coefficient (Wildman–Crippen LogP) is 2.68. The number of benzene rings is 2. The zero-order chi connectivity index (χ0) is 19.5. The zero-order valence-electron chi connectivity index (χ0n) is 15.7. The molecule has 0 spiro atoms. The van der Waals surface area contributed by atoms with Gasteiger partial charge in [0.15, 0.2) is 6.61 Å². The van der Waals surface area contributed by atoms with Gasteiger partial charge in [0.2, 0.25) is 5.91 Å². The summed E-state index contributed by atoms with van der Waals surface area (Å²) >= 11 is 0. The first-order chi connectivity index (χ1) is 13.1. The van der Waals surface area contributed by atoms with Crippen LogP contribution in [0.15, 0.2) is 54.6 Å². The molecule has 0 saturated carbocycles. The molecule has 6 nitrogen and oxygen atoms in total. The van der Waals surface area contributed by atoms with Crippen LogP contribution in [0.25, 0.3) is 0 Å². The first kappa shape index (κ1) is 20.3. The van der Waals surface area contributed by atoms with Crippen molar-refractivity contribution in [1.29, 1.82) is 0 Å². The molecule has 0 fully saturated rings. The number of carbonyl (C=O) groups excluding carboxylic acids is 2. The fraction of sp³-hybridized carbons (Fsp3) is 0.333. The maximum Gasteiger partial charge on any atom is 0.258 e. The van der Waals surface area contributed by atoms with Crippen molar-refractivity contribution in [2.24, 2.45) is 0 Å². The standard InChI is InChI=1S/C21H26N2O4/c1-3-13-22-21(25)16(2)23-20(24)15-27-19-11-9-18(10-12-19)26-14-17-7-5-4-6-8-17/h4-12,16H,3,13-15H2,1-2H3,(H,22,25)(H,23,24)/t16-/m1/s1. The van der Waals surface area contributed by atoms with Gasteiger partial charge in [0.25, 0.3) is 5.91 Å². The predicted molar refractivity (Wildman–Crippen MR) is 104 cm³/mol. The Morgan fingerprint density at radius 2 is 1.59 bits per heavy atom. The van der Waals surface area contributed by atoms with Crippen molar-refractivity contribution in [3.05, 3.63) is 60.2 Å². The van der Waals surface area contributed by atoms with E-state index in [1.807, 2.05) is 37.3 Å². The monoisotopic (exact) mass is 370 g/mol. The van der Waals surface area contributed by atoms with Crippen molar-refractivity contribution < 1.29 is 19.1 Å². The number of rotatable bonds is 10. The van der Waals surface area contributed by atoms with Gasteiger partial charge in [-0.15, -0.1) is 0 Å². The van der Waals surface area contributed by atoms with Crippen molar-refractivity contribution in [3.63, 3.8) is 0 Å². The van der Waals surface area contributed by atoms with E-state index < -0.39 is 6.04 Å². The number of hydrogen-bond donors (Lipinski definition) is 2. The SMILES string of the molecule is CCCNC(=O)[C@@H](C)NC(=O)COc1ccc(OCc2ccccc2)cc1. The molecule has 0 unspecified atom stereocenters. The molecule has 0 saturated heterocycles. The maximum atomic E-state index is 11.9. The van der Waals surface area contributed by atoms with Crippen LogP contribution in [0, 0.1) is 0 Å². The Morgan fingerprint density at radius 1 is 0.963 bits per heavy atom. The number of nitrogens with one attached hydrogen (secondary N) is 2. The fourth-order valence-corrected chi connectivity index (χ4v) is 2.27. The van der Waals surface area contributed by atoms with Gasteiger partial charge < -0.3 is 20.1 Å². The summed E-state index contributed by atoms with van der Waals surface area (Å²) in [4.78, 5) is 23.6. The van der Waals surface area contributed by atoms with Crippen molar-refractivity contribution in [3.8, 4) is 11.5 Å². The normalized spacial score (nSPS) is 11.3. The molecule has 2 amide bonds. The van der Waals surface area contributed by atoms with Crippen LogP contribution >= 0.6 is 0 Å². The minimum absolute atomic E-state index is 0.157. The lowest BCUT2D eigenvalue weighted by Gasteiger charge is -2.14. The van der Waals surface area contributed by atoms with E-state index in [9.17, 15) is 9.59 Å². The van der Waals surface area contributed by atoms with Gasteiger partial charge in [0.05, 0.1) is 0 Å². The first-order valence-electron chi connectivity index (χ1n) is 9.05. The topological polar surface area (TPSA) is 76.7 Å². The molecule has 1 atom stereocenters. The average molecular weight is 370 g/mol. The van der Waals surface area contributed by atoms with Gasteiger partial charge in [-0.2, -0.15) is 0 Å². The highest BCUT2D eigenvalue weighted by atomic mass is 16.5.